The number of nitrogens with zero attached hydrogens (tertiary/aromatic N) is 2. The summed E-state index contributed by atoms with van der Waals surface area (Å²) in [6.45, 7) is 6.32. The summed E-state index contributed by atoms with van der Waals surface area (Å²) in [5, 5.41) is 7.21. The fraction of sp³-hybridized carbons (Fsp3) is 0.765. The van der Waals surface area contributed by atoms with Gasteiger partial charge in [-0.25, -0.2) is 0 Å². The number of carbonyl (C=O) groups is 1. The SMILES string of the molecule is Cc1noc(C)c1CN1C[C@H](C(=O)NC2CC2)C[C@@H]2OCC[C@@H]21. The number of nitrogens with one attached hydrogen (secondary N) is 1. The van der Waals surface area contributed by atoms with Crippen molar-refractivity contribution in [2.24, 2.45) is 5.92 Å². The molecular weight excluding hydrogens is 294 g/mol. The van der Waals surface area contributed by atoms with Crippen molar-refractivity contribution < 1.29 is 14.1 Å². The van der Waals surface area contributed by atoms with Gasteiger partial charge < -0.3 is 14.6 Å². The lowest BCUT2D eigenvalue weighted by Crippen LogP contribution is -2.52. The molecule has 6 heteroatoms. The first-order valence-electron chi connectivity index (χ1n) is 8.69. The molecule has 1 N–H and O–H groups in total. The molecule has 2 saturated heterocycles. The summed E-state index contributed by atoms with van der Waals surface area (Å²) in [5.41, 5.74) is 2.10. The van der Waals surface area contributed by atoms with Gasteiger partial charge in [-0.15, -0.1) is 0 Å². The topological polar surface area (TPSA) is 67.6 Å². The Morgan fingerprint density at radius 2 is 2.17 bits per heavy atom. The van der Waals surface area contributed by atoms with Crippen LogP contribution in [0.25, 0.3) is 0 Å². The van der Waals surface area contributed by atoms with Crippen molar-refractivity contribution in [1.29, 1.82) is 0 Å². The molecule has 3 fully saturated rings. The third-order valence-electron chi connectivity index (χ3n) is 5.45. The van der Waals surface area contributed by atoms with Crippen LogP contribution in [0.4, 0.5) is 0 Å². The minimum absolute atomic E-state index is 0.0235. The molecule has 23 heavy (non-hydrogen) atoms. The highest BCUT2D eigenvalue weighted by Gasteiger charge is 2.43. The van der Waals surface area contributed by atoms with Crippen LogP contribution in [0.15, 0.2) is 4.52 Å². The zero-order chi connectivity index (χ0) is 16.0. The van der Waals surface area contributed by atoms with Gasteiger partial charge in [-0.05, 0) is 39.5 Å². The largest absolute Gasteiger partial charge is 0.377 e. The first-order chi connectivity index (χ1) is 11.1. The molecule has 3 aliphatic rings. The zero-order valence-corrected chi connectivity index (χ0v) is 13.9. The van der Waals surface area contributed by atoms with Crippen molar-refractivity contribution in [3.63, 3.8) is 0 Å². The lowest BCUT2D eigenvalue weighted by molar-refractivity contribution is -0.129. The number of hydrogen-bond donors (Lipinski definition) is 1. The highest BCUT2D eigenvalue weighted by molar-refractivity contribution is 5.79. The maximum Gasteiger partial charge on any atom is 0.224 e. The van der Waals surface area contributed by atoms with E-state index in [0.717, 1.165) is 62.4 Å². The van der Waals surface area contributed by atoms with Crippen LogP contribution < -0.4 is 5.32 Å². The van der Waals surface area contributed by atoms with Crippen molar-refractivity contribution in [2.45, 2.75) is 64.3 Å². The number of amides is 1. The van der Waals surface area contributed by atoms with Crippen molar-refractivity contribution in [2.75, 3.05) is 13.2 Å². The van der Waals surface area contributed by atoms with E-state index in [1.54, 1.807) is 0 Å². The zero-order valence-electron chi connectivity index (χ0n) is 13.9. The number of aromatic nitrogens is 1. The van der Waals surface area contributed by atoms with Gasteiger partial charge in [-0.2, -0.15) is 0 Å². The maximum atomic E-state index is 12.5. The first-order valence-corrected chi connectivity index (χ1v) is 8.69. The Bertz CT molecular complexity index is 576. The Labute approximate surface area is 136 Å². The van der Waals surface area contributed by atoms with Crippen LogP contribution in [-0.2, 0) is 16.1 Å². The average molecular weight is 319 g/mol. The summed E-state index contributed by atoms with van der Waals surface area (Å²) in [5.74, 6) is 1.10. The van der Waals surface area contributed by atoms with E-state index in [4.69, 9.17) is 9.26 Å². The normalized spacial score (nSPS) is 31.1. The molecule has 126 valence electrons. The van der Waals surface area contributed by atoms with Gasteiger partial charge in [-0.1, -0.05) is 5.16 Å². The van der Waals surface area contributed by atoms with Crippen molar-refractivity contribution in [1.82, 2.24) is 15.4 Å². The first kappa shape index (κ1) is 15.1. The Morgan fingerprint density at radius 1 is 1.35 bits per heavy atom. The highest BCUT2D eigenvalue weighted by atomic mass is 16.5. The average Bonchev–Trinajstić information content (AvgIpc) is 3.12. The minimum Gasteiger partial charge on any atom is -0.377 e. The second-order valence-corrected chi connectivity index (χ2v) is 7.21. The molecule has 1 aliphatic carbocycles. The molecular formula is C17H25N3O3. The minimum atomic E-state index is 0.0235. The second kappa shape index (κ2) is 5.91. The van der Waals surface area contributed by atoms with Gasteiger partial charge in [0.25, 0.3) is 0 Å². The van der Waals surface area contributed by atoms with Crippen molar-refractivity contribution in [3.8, 4) is 0 Å². The fourth-order valence-electron chi connectivity index (χ4n) is 3.90. The molecule has 0 aromatic carbocycles. The molecule has 0 spiro atoms. The summed E-state index contributed by atoms with van der Waals surface area (Å²) in [6.07, 6.45) is 4.33. The molecule has 1 aromatic heterocycles. The monoisotopic (exact) mass is 319 g/mol. The Hall–Kier alpha value is -1.40. The van der Waals surface area contributed by atoms with E-state index in [0.29, 0.717) is 12.1 Å². The molecule has 1 aromatic rings. The number of aryl methyl sites for hydroxylation is 2. The summed E-state index contributed by atoms with van der Waals surface area (Å²) >= 11 is 0. The third kappa shape index (κ3) is 3.02. The van der Waals surface area contributed by atoms with Crippen LogP contribution in [0, 0.1) is 19.8 Å². The quantitative estimate of drug-likeness (QED) is 0.912. The van der Waals surface area contributed by atoms with Gasteiger partial charge >= 0.3 is 0 Å². The van der Waals surface area contributed by atoms with Gasteiger partial charge in [0.2, 0.25) is 5.91 Å². The third-order valence-corrected chi connectivity index (χ3v) is 5.45. The van der Waals surface area contributed by atoms with Crippen LogP contribution in [-0.4, -0.2) is 47.3 Å². The lowest BCUT2D eigenvalue weighted by Gasteiger charge is -2.40. The molecule has 2 aliphatic heterocycles. The van der Waals surface area contributed by atoms with Crippen LogP contribution in [0.3, 0.4) is 0 Å². The number of carbonyl (C=O) groups excluding carboxylic acids is 1. The van der Waals surface area contributed by atoms with Gasteiger partial charge in [0, 0.05) is 37.3 Å². The smallest absolute Gasteiger partial charge is 0.224 e. The molecule has 3 atom stereocenters. The van der Waals surface area contributed by atoms with E-state index < -0.39 is 0 Å². The van der Waals surface area contributed by atoms with Gasteiger partial charge in [0.15, 0.2) is 0 Å². The van der Waals surface area contributed by atoms with Crippen LogP contribution in [0.1, 0.15) is 42.7 Å². The Balaban J connectivity index is 1.50. The molecule has 1 saturated carbocycles. The standard InChI is InChI=1S/C17H25N3O3/c1-10-14(11(2)23-19-10)9-20-8-12(17(21)18-13-3-4-13)7-16-15(20)5-6-22-16/h12-13,15-16H,3-9H2,1-2H3,(H,18,21)/t12-,15+,16+/m1/s1. The second-order valence-electron chi connectivity index (χ2n) is 7.21. The highest BCUT2D eigenvalue weighted by Crippen LogP contribution is 2.33. The van der Waals surface area contributed by atoms with Crippen molar-refractivity contribution >= 4 is 5.91 Å². The number of rotatable bonds is 4. The van der Waals surface area contributed by atoms with Crippen LogP contribution in [0.5, 0.6) is 0 Å². The van der Waals surface area contributed by atoms with Gasteiger partial charge in [0.1, 0.15) is 5.76 Å². The van der Waals surface area contributed by atoms with E-state index in [2.05, 4.69) is 15.4 Å². The van der Waals surface area contributed by atoms with E-state index in [1.807, 2.05) is 13.8 Å². The summed E-state index contributed by atoms with van der Waals surface area (Å²) in [4.78, 5) is 14.9. The molecule has 0 bridgehead atoms. The van der Waals surface area contributed by atoms with E-state index >= 15 is 0 Å². The molecule has 4 rings (SSSR count). The number of piperidine rings is 1. The van der Waals surface area contributed by atoms with E-state index in [9.17, 15) is 4.79 Å². The maximum absolute atomic E-state index is 12.5. The van der Waals surface area contributed by atoms with E-state index in [1.165, 1.54) is 0 Å². The predicted octanol–water partition coefficient (Wildman–Crippen LogP) is 1.55. The van der Waals surface area contributed by atoms with Gasteiger partial charge in [-0.3, -0.25) is 9.69 Å². The Morgan fingerprint density at radius 3 is 2.87 bits per heavy atom. The molecule has 0 radical (unpaired) electrons. The van der Waals surface area contributed by atoms with Crippen LogP contribution >= 0.6 is 0 Å². The number of likely N-dealkylation sites (tertiary alicyclic amines) is 1. The van der Waals surface area contributed by atoms with E-state index in [-0.39, 0.29) is 17.9 Å². The van der Waals surface area contributed by atoms with Gasteiger partial charge in [0.05, 0.1) is 17.7 Å². The molecule has 6 nitrogen and oxygen atoms in total. The lowest BCUT2D eigenvalue weighted by atomic mass is 9.89. The summed E-state index contributed by atoms with van der Waals surface area (Å²) in [6, 6.07) is 0.828. The molecule has 3 heterocycles. The number of fused-ring (bicyclic) bond motifs is 1. The number of ether oxygens (including phenoxy) is 1. The molecule has 1 amide bonds. The summed E-state index contributed by atoms with van der Waals surface area (Å²) < 4.78 is 11.2. The van der Waals surface area contributed by atoms with Crippen molar-refractivity contribution in [3.05, 3.63) is 17.0 Å². The van der Waals surface area contributed by atoms with Crippen LogP contribution in [0.2, 0.25) is 0 Å². The predicted molar refractivity (Wildman–Crippen MR) is 83.8 cm³/mol. The Kier molecular flexibility index (Phi) is 3.89. The fourth-order valence-corrected chi connectivity index (χ4v) is 3.90. The molecule has 0 unspecified atom stereocenters. The number of hydrogen-bond acceptors (Lipinski definition) is 5. The summed E-state index contributed by atoms with van der Waals surface area (Å²) in [7, 11) is 0.